The average molecular weight is 416 g/mol. The van der Waals surface area contributed by atoms with Crippen LogP contribution in [0.2, 0.25) is 0 Å². The summed E-state index contributed by atoms with van der Waals surface area (Å²) in [5.74, 6) is 0.513. The molecule has 0 aromatic heterocycles. The Bertz CT molecular complexity index is 864. The number of hydrogen-bond donors (Lipinski definition) is 2. The van der Waals surface area contributed by atoms with Crippen LogP contribution in [-0.4, -0.2) is 41.9 Å². The first-order chi connectivity index (χ1) is 13.7. The third-order valence-corrected chi connectivity index (χ3v) is 5.48. The molecule has 0 bridgehead atoms. The van der Waals surface area contributed by atoms with Gasteiger partial charge in [0.2, 0.25) is 0 Å². The van der Waals surface area contributed by atoms with Gasteiger partial charge in [-0.25, -0.2) is 0 Å². The van der Waals surface area contributed by atoms with Crippen LogP contribution in [-0.2, 0) is 11.2 Å². The Labute approximate surface area is 176 Å². The molecule has 2 aromatic carbocycles. The van der Waals surface area contributed by atoms with Gasteiger partial charge >= 0.3 is 0 Å². The van der Waals surface area contributed by atoms with Gasteiger partial charge in [-0.2, -0.15) is 0 Å². The molecular formula is C22H26ClN3O3. The van der Waals surface area contributed by atoms with Crippen LogP contribution in [0.1, 0.15) is 35.2 Å². The van der Waals surface area contributed by atoms with Crippen molar-refractivity contribution in [2.24, 2.45) is 5.73 Å². The van der Waals surface area contributed by atoms with Crippen LogP contribution < -0.4 is 15.8 Å². The van der Waals surface area contributed by atoms with Crippen molar-refractivity contribution in [1.29, 1.82) is 0 Å². The van der Waals surface area contributed by atoms with Crippen LogP contribution in [0.25, 0.3) is 0 Å². The van der Waals surface area contributed by atoms with E-state index < -0.39 is 6.10 Å². The molecule has 2 aromatic rings. The molecule has 29 heavy (non-hydrogen) atoms. The number of likely N-dealkylation sites (tertiary alicyclic amines) is 1. The summed E-state index contributed by atoms with van der Waals surface area (Å²) in [4.78, 5) is 27.4. The van der Waals surface area contributed by atoms with E-state index >= 15 is 0 Å². The fourth-order valence-electron chi connectivity index (χ4n) is 3.96. The number of para-hydroxylation sites is 1. The molecule has 2 aliphatic heterocycles. The molecular weight excluding hydrogens is 390 g/mol. The Morgan fingerprint density at radius 2 is 1.97 bits per heavy atom. The third-order valence-electron chi connectivity index (χ3n) is 5.48. The quantitative estimate of drug-likeness (QED) is 0.803. The standard InChI is InChI=1S/C22H25N3O3.ClH/c23-14-18-9-3-4-11-25(18)22(27)16-7-5-8-17(12-16)24-21(26)20-13-15-6-1-2-10-19(15)28-20;/h1-2,5-8,10,12,18,20H,3-4,9,11,13-14,23H2,(H,24,26);1H. The van der Waals surface area contributed by atoms with Gasteiger partial charge in [-0.3, -0.25) is 9.59 Å². The first-order valence-corrected chi connectivity index (χ1v) is 9.82. The maximum absolute atomic E-state index is 12.9. The van der Waals surface area contributed by atoms with Gasteiger partial charge in [-0.15, -0.1) is 12.4 Å². The highest BCUT2D eigenvalue weighted by Crippen LogP contribution is 2.29. The topological polar surface area (TPSA) is 84.7 Å². The van der Waals surface area contributed by atoms with Gasteiger partial charge in [0.1, 0.15) is 5.75 Å². The van der Waals surface area contributed by atoms with Gasteiger partial charge in [0.25, 0.3) is 11.8 Å². The average Bonchev–Trinajstić information content (AvgIpc) is 3.18. The molecule has 3 N–H and O–H groups in total. The molecule has 1 saturated heterocycles. The lowest BCUT2D eigenvalue weighted by atomic mass is 10.0. The van der Waals surface area contributed by atoms with Crippen molar-refractivity contribution < 1.29 is 14.3 Å². The van der Waals surface area contributed by atoms with Crippen molar-refractivity contribution in [3.8, 4) is 5.75 Å². The highest BCUT2D eigenvalue weighted by Gasteiger charge is 2.29. The van der Waals surface area contributed by atoms with E-state index in [9.17, 15) is 9.59 Å². The van der Waals surface area contributed by atoms with Crippen LogP contribution in [0.5, 0.6) is 5.75 Å². The first-order valence-electron chi connectivity index (χ1n) is 9.82. The summed E-state index contributed by atoms with van der Waals surface area (Å²) in [6.45, 7) is 1.20. The summed E-state index contributed by atoms with van der Waals surface area (Å²) in [5.41, 5.74) is 8.04. The Morgan fingerprint density at radius 1 is 1.14 bits per heavy atom. The predicted octanol–water partition coefficient (Wildman–Crippen LogP) is 3.00. The summed E-state index contributed by atoms with van der Waals surface area (Å²) >= 11 is 0. The molecule has 2 atom stereocenters. The van der Waals surface area contributed by atoms with Crippen molar-refractivity contribution in [2.45, 2.75) is 37.8 Å². The van der Waals surface area contributed by atoms with E-state index in [1.807, 2.05) is 29.2 Å². The molecule has 2 aliphatic rings. The maximum atomic E-state index is 12.9. The molecule has 2 heterocycles. The minimum atomic E-state index is -0.555. The lowest BCUT2D eigenvalue weighted by molar-refractivity contribution is -0.122. The number of halogens is 1. The van der Waals surface area contributed by atoms with Gasteiger partial charge in [0.05, 0.1) is 0 Å². The monoisotopic (exact) mass is 415 g/mol. The van der Waals surface area contributed by atoms with E-state index in [1.54, 1.807) is 24.3 Å². The van der Waals surface area contributed by atoms with Crippen LogP contribution in [0.15, 0.2) is 48.5 Å². The Hall–Kier alpha value is -2.57. The number of amides is 2. The molecule has 2 amide bonds. The molecule has 0 radical (unpaired) electrons. The Kier molecular flexibility index (Phi) is 6.77. The number of rotatable bonds is 4. The number of ether oxygens (including phenoxy) is 1. The summed E-state index contributed by atoms with van der Waals surface area (Å²) in [6, 6.07) is 14.8. The van der Waals surface area contributed by atoms with Gasteiger partial charge < -0.3 is 20.7 Å². The largest absolute Gasteiger partial charge is 0.480 e. The molecule has 154 valence electrons. The van der Waals surface area contributed by atoms with E-state index in [-0.39, 0.29) is 30.3 Å². The molecule has 0 spiro atoms. The zero-order chi connectivity index (χ0) is 19.5. The van der Waals surface area contributed by atoms with Crippen molar-refractivity contribution in [3.05, 3.63) is 59.7 Å². The smallest absolute Gasteiger partial charge is 0.265 e. The van der Waals surface area contributed by atoms with Gasteiger partial charge in [-0.1, -0.05) is 24.3 Å². The van der Waals surface area contributed by atoms with Crippen molar-refractivity contribution >= 4 is 29.9 Å². The molecule has 6 nitrogen and oxygen atoms in total. The minimum absolute atomic E-state index is 0. The number of anilines is 1. The number of piperidine rings is 1. The lowest BCUT2D eigenvalue weighted by Gasteiger charge is -2.35. The van der Waals surface area contributed by atoms with E-state index in [1.165, 1.54) is 0 Å². The second-order valence-electron chi connectivity index (χ2n) is 7.37. The van der Waals surface area contributed by atoms with Crippen molar-refractivity contribution in [1.82, 2.24) is 4.90 Å². The van der Waals surface area contributed by atoms with E-state index in [0.29, 0.717) is 24.2 Å². The second kappa shape index (κ2) is 9.29. The predicted molar refractivity (Wildman–Crippen MR) is 115 cm³/mol. The van der Waals surface area contributed by atoms with Gasteiger partial charge in [-0.05, 0) is 49.1 Å². The molecule has 7 heteroatoms. The summed E-state index contributed by atoms with van der Waals surface area (Å²) in [6.07, 6.45) is 3.04. The van der Waals surface area contributed by atoms with Crippen molar-refractivity contribution in [3.63, 3.8) is 0 Å². The molecule has 2 unspecified atom stereocenters. The fraction of sp³-hybridized carbons (Fsp3) is 0.364. The number of benzene rings is 2. The second-order valence-corrected chi connectivity index (χ2v) is 7.37. The van der Waals surface area contributed by atoms with Crippen LogP contribution in [0, 0.1) is 0 Å². The first kappa shape index (κ1) is 21.1. The minimum Gasteiger partial charge on any atom is -0.480 e. The number of nitrogens with zero attached hydrogens (tertiary/aromatic N) is 1. The van der Waals surface area contributed by atoms with E-state index in [2.05, 4.69) is 5.32 Å². The third kappa shape index (κ3) is 4.54. The number of hydrogen-bond acceptors (Lipinski definition) is 4. The number of carbonyl (C=O) groups is 2. The van der Waals surface area contributed by atoms with E-state index in [0.717, 1.165) is 37.1 Å². The summed E-state index contributed by atoms with van der Waals surface area (Å²) < 4.78 is 5.74. The highest BCUT2D eigenvalue weighted by atomic mass is 35.5. The van der Waals surface area contributed by atoms with Crippen molar-refractivity contribution in [2.75, 3.05) is 18.4 Å². The zero-order valence-corrected chi connectivity index (χ0v) is 17.0. The number of nitrogens with two attached hydrogens (primary N) is 1. The normalized spacial score (nSPS) is 20.2. The summed E-state index contributed by atoms with van der Waals surface area (Å²) in [5, 5.41) is 2.88. The number of fused-ring (bicyclic) bond motifs is 1. The maximum Gasteiger partial charge on any atom is 0.265 e. The number of carbonyl (C=O) groups excluding carboxylic acids is 2. The Balaban J connectivity index is 0.00000240. The summed E-state index contributed by atoms with van der Waals surface area (Å²) in [7, 11) is 0. The van der Waals surface area contributed by atoms with Gasteiger partial charge in [0, 0.05) is 36.8 Å². The lowest BCUT2D eigenvalue weighted by Crippen LogP contribution is -2.47. The number of nitrogens with one attached hydrogen (secondary N) is 1. The SMILES string of the molecule is Cl.NCC1CCCCN1C(=O)c1cccc(NC(=O)C2Cc3ccccc3O2)c1. The highest BCUT2D eigenvalue weighted by molar-refractivity contribution is 5.98. The molecule has 4 rings (SSSR count). The molecule has 1 fully saturated rings. The van der Waals surface area contributed by atoms with E-state index in [4.69, 9.17) is 10.5 Å². The molecule has 0 saturated carbocycles. The molecule has 0 aliphatic carbocycles. The van der Waals surface area contributed by atoms with Crippen LogP contribution >= 0.6 is 12.4 Å². The van der Waals surface area contributed by atoms with Gasteiger partial charge in [0.15, 0.2) is 6.10 Å². The zero-order valence-electron chi connectivity index (χ0n) is 16.2. The Morgan fingerprint density at radius 3 is 2.76 bits per heavy atom. The van der Waals surface area contributed by atoms with Crippen LogP contribution in [0.3, 0.4) is 0 Å². The van der Waals surface area contributed by atoms with Crippen LogP contribution in [0.4, 0.5) is 5.69 Å². The fourth-order valence-corrected chi connectivity index (χ4v) is 3.96.